The maximum absolute atomic E-state index is 11.4. The van der Waals surface area contributed by atoms with Gasteiger partial charge in [-0.25, -0.2) is 0 Å². The Morgan fingerprint density at radius 2 is 2.05 bits per heavy atom. The van der Waals surface area contributed by atoms with Gasteiger partial charge >= 0.3 is 5.97 Å². The Kier molecular flexibility index (Phi) is 2.59. The number of carboxylic acid groups (broad SMARTS) is 1. The normalized spacial score (nSPS) is 11.2. The summed E-state index contributed by atoms with van der Waals surface area (Å²) in [5.41, 5.74) is 2.43. The molecule has 0 unspecified atom stereocenters. The molecule has 0 radical (unpaired) electrons. The molecule has 3 rings (SSSR count). The molecule has 3 aromatic rings. The second-order valence-electron chi connectivity index (χ2n) is 4.47. The molecule has 2 heterocycles. The topological polar surface area (TPSA) is 85.9 Å². The minimum Gasteiger partial charge on any atom is -0.481 e. The highest BCUT2D eigenvalue weighted by Gasteiger charge is 2.09. The summed E-state index contributed by atoms with van der Waals surface area (Å²) in [5.74, 6) is -0.830. The van der Waals surface area contributed by atoms with Gasteiger partial charge in [-0.3, -0.25) is 9.59 Å². The monoisotopic (exact) mass is 256 g/mol. The van der Waals surface area contributed by atoms with Gasteiger partial charge in [0.05, 0.1) is 17.5 Å². The van der Waals surface area contributed by atoms with E-state index in [2.05, 4.69) is 9.97 Å². The molecule has 19 heavy (non-hydrogen) atoms. The summed E-state index contributed by atoms with van der Waals surface area (Å²) in [5, 5.41) is 10.7. The Bertz CT molecular complexity index is 829. The summed E-state index contributed by atoms with van der Waals surface area (Å²) >= 11 is 0. The molecule has 0 aliphatic heterocycles. The number of aromatic nitrogens is 2. The van der Waals surface area contributed by atoms with E-state index in [9.17, 15) is 9.59 Å². The first-order valence-electron chi connectivity index (χ1n) is 5.99. The lowest BCUT2D eigenvalue weighted by Gasteiger charge is -2.01. The van der Waals surface area contributed by atoms with Gasteiger partial charge in [-0.2, -0.15) is 0 Å². The average Bonchev–Trinajstić information content (AvgIpc) is 2.74. The number of benzene rings is 1. The standard InChI is InChI=1S/C14H12N2O3/c17-8-1-2-9-10-5-6-15-11(3-4-13(18)19)14(10)16-12(9)7-8/h1-2,5-7,15-16H,3-4H2,(H,18,19). The number of nitrogens with one attached hydrogen (secondary N) is 2. The first-order valence-corrected chi connectivity index (χ1v) is 5.99. The van der Waals surface area contributed by atoms with E-state index in [1.807, 2.05) is 6.07 Å². The molecule has 0 saturated carbocycles. The van der Waals surface area contributed by atoms with Crippen LogP contribution < -0.4 is 5.43 Å². The van der Waals surface area contributed by atoms with Crippen molar-refractivity contribution in [2.45, 2.75) is 12.8 Å². The van der Waals surface area contributed by atoms with Gasteiger partial charge in [0, 0.05) is 28.7 Å². The zero-order valence-corrected chi connectivity index (χ0v) is 10.1. The number of hydrogen-bond donors (Lipinski definition) is 3. The fourth-order valence-electron chi connectivity index (χ4n) is 2.34. The van der Waals surface area contributed by atoms with E-state index >= 15 is 0 Å². The molecular weight excluding hydrogens is 244 g/mol. The summed E-state index contributed by atoms with van der Waals surface area (Å²) in [7, 11) is 0. The van der Waals surface area contributed by atoms with Crippen molar-refractivity contribution in [1.82, 2.24) is 9.97 Å². The zero-order chi connectivity index (χ0) is 13.4. The highest BCUT2D eigenvalue weighted by atomic mass is 16.4. The highest BCUT2D eigenvalue weighted by molar-refractivity contribution is 6.07. The SMILES string of the molecule is O=C(O)CCc1[nH]ccc2c1[nH]c1cc(=O)ccc12. The van der Waals surface area contributed by atoms with Crippen LogP contribution in [0.3, 0.4) is 0 Å². The quantitative estimate of drug-likeness (QED) is 0.670. The van der Waals surface area contributed by atoms with Crippen LogP contribution in [0.1, 0.15) is 12.1 Å². The van der Waals surface area contributed by atoms with Crippen LogP contribution in [0.2, 0.25) is 0 Å². The number of pyridine rings is 1. The maximum atomic E-state index is 11.4. The van der Waals surface area contributed by atoms with E-state index in [1.165, 1.54) is 6.07 Å². The lowest BCUT2D eigenvalue weighted by atomic mass is 10.1. The Morgan fingerprint density at radius 1 is 1.21 bits per heavy atom. The molecular formula is C14H12N2O3. The molecule has 2 aromatic heterocycles. The number of H-pyrrole nitrogens is 2. The molecule has 5 nitrogen and oxygen atoms in total. The minimum absolute atomic E-state index is 0.0462. The molecule has 0 aliphatic rings. The van der Waals surface area contributed by atoms with Gasteiger partial charge in [0.25, 0.3) is 0 Å². The van der Waals surface area contributed by atoms with Crippen LogP contribution in [0.4, 0.5) is 0 Å². The van der Waals surface area contributed by atoms with E-state index in [1.54, 1.807) is 18.3 Å². The van der Waals surface area contributed by atoms with E-state index in [0.717, 1.165) is 27.5 Å². The molecule has 0 saturated heterocycles. The van der Waals surface area contributed by atoms with Crippen LogP contribution >= 0.6 is 0 Å². The van der Waals surface area contributed by atoms with Gasteiger partial charge in [0.1, 0.15) is 0 Å². The minimum atomic E-state index is -0.830. The molecule has 0 amide bonds. The number of fused-ring (bicyclic) bond motifs is 3. The fraction of sp³-hybridized carbons (Fsp3) is 0.143. The Hall–Kier alpha value is -2.56. The lowest BCUT2D eigenvalue weighted by Crippen LogP contribution is -1.99. The van der Waals surface area contributed by atoms with Crippen molar-refractivity contribution in [3.63, 3.8) is 0 Å². The van der Waals surface area contributed by atoms with Gasteiger partial charge in [-0.15, -0.1) is 0 Å². The van der Waals surface area contributed by atoms with Crippen LogP contribution in [0.25, 0.3) is 21.8 Å². The largest absolute Gasteiger partial charge is 0.481 e. The average molecular weight is 256 g/mol. The van der Waals surface area contributed by atoms with E-state index in [-0.39, 0.29) is 11.8 Å². The van der Waals surface area contributed by atoms with E-state index in [0.29, 0.717) is 6.42 Å². The Balaban J connectivity index is 2.21. The predicted molar refractivity (Wildman–Crippen MR) is 72.4 cm³/mol. The number of carboxylic acids is 1. The van der Waals surface area contributed by atoms with E-state index < -0.39 is 5.97 Å². The van der Waals surface area contributed by atoms with E-state index in [4.69, 9.17) is 5.11 Å². The van der Waals surface area contributed by atoms with Gasteiger partial charge in [0.15, 0.2) is 5.43 Å². The van der Waals surface area contributed by atoms with Crippen LogP contribution in [0.5, 0.6) is 0 Å². The number of hydrogen-bond acceptors (Lipinski definition) is 2. The molecule has 0 atom stereocenters. The highest BCUT2D eigenvalue weighted by Crippen LogP contribution is 2.25. The smallest absolute Gasteiger partial charge is 0.303 e. The third kappa shape index (κ3) is 1.99. The third-order valence-corrected chi connectivity index (χ3v) is 3.21. The summed E-state index contributed by atoms with van der Waals surface area (Å²) in [6.07, 6.45) is 2.28. The van der Waals surface area contributed by atoms with Crippen molar-refractivity contribution in [3.8, 4) is 0 Å². The molecule has 0 aliphatic carbocycles. The number of carbonyl (C=O) groups is 1. The molecule has 0 spiro atoms. The fourth-order valence-corrected chi connectivity index (χ4v) is 2.34. The zero-order valence-electron chi connectivity index (χ0n) is 10.1. The van der Waals surface area contributed by atoms with Crippen molar-refractivity contribution in [1.29, 1.82) is 0 Å². The maximum Gasteiger partial charge on any atom is 0.303 e. The number of aliphatic carboxylic acids is 1. The van der Waals surface area contributed by atoms with Crippen molar-refractivity contribution in [2.75, 3.05) is 0 Å². The third-order valence-electron chi connectivity index (χ3n) is 3.21. The molecule has 0 bridgehead atoms. The van der Waals surface area contributed by atoms with Crippen molar-refractivity contribution in [3.05, 3.63) is 46.4 Å². The predicted octanol–water partition coefficient (Wildman–Crippen LogP) is 2.03. The Morgan fingerprint density at radius 3 is 2.84 bits per heavy atom. The second-order valence-corrected chi connectivity index (χ2v) is 4.47. The van der Waals surface area contributed by atoms with Crippen LogP contribution in [0, 0.1) is 0 Å². The molecule has 96 valence electrons. The van der Waals surface area contributed by atoms with Crippen LogP contribution in [-0.2, 0) is 11.2 Å². The van der Waals surface area contributed by atoms with Crippen LogP contribution in [-0.4, -0.2) is 21.0 Å². The summed E-state index contributed by atoms with van der Waals surface area (Å²) in [6, 6.07) is 6.79. The van der Waals surface area contributed by atoms with Gasteiger partial charge < -0.3 is 15.1 Å². The molecule has 0 fully saturated rings. The summed E-state index contributed by atoms with van der Waals surface area (Å²) in [6.45, 7) is 0. The molecule has 3 N–H and O–H groups in total. The van der Waals surface area contributed by atoms with Crippen LogP contribution in [0.15, 0.2) is 35.3 Å². The van der Waals surface area contributed by atoms with Crippen molar-refractivity contribution >= 4 is 27.8 Å². The summed E-state index contributed by atoms with van der Waals surface area (Å²) < 4.78 is 0. The van der Waals surface area contributed by atoms with Gasteiger partial charge in [0.2, 0.25) is 0 Å². The van der Waals surface area contributed by atoms with Crippen molar-refractivity contribution in [2.24, 2.45) is 0 Å². The number of aromatic amines is 2. The first kappa shape index (κ1) is 11.5. The number of rotatable bonds is 3. The Labute approximate surface area is 107 Å². The van der Waals surface area contributed by atoms with Crippen molar-refractivity contribution < 1.29 is 9.90 Å². The van der Waals surface area contributed by atoms with Gasteiger partial charge in [-0.05, 0) is 24.6 Å². The summed E-state index contributed by atoms with van der Waals surface area (Å²) in [4.78, 5) is 28.3. The molecule has 1 aromatic carbocycles. The van der Waals surface area contributed by atoms with Gasteiger partial charge in [-0.1, -0.05) is 0 Å². The second kappa shape index (κ2) is 4.28. The first-order chi connectivity index (χ1) is 9.15. The lowest BCUT2D eigenvalue weighted by molar-refractivity contribution is -0.136. The number of aryl methyl sites for hydroxylation is 1. The molecule has 5 heteroatoms.